The molecule has 0 aliphatic rings. The average Bonchev–Trinajstić information content (AvgIpc) is 3.00. The molecule has 0 radical (unpaired) electrons. The summed E-state index contributed by atoms with van der Waals surface area (Å²) in [5.74, 6) is 0.198. The number of benzene rings is 1. The SMILES string of the molecule is CCS(=O)(=O)Nc1nc2oc(-c3ccc(C)cc3)c(C(=O)NC)c2cc1I. The van der Waals surface area contributed by atoms with Crippen molar-refractivity contribution in [3.05, 3.63) is 45.0 Å². The molecule has 7 nitrogen and oxygen atoms in total. The Bertz CT molecular complexity index is 1120. The van der Waals surface area contributed by atoms with Gasteiger partial charge in [-0.2, -0.15) is 4.98 Å². The first-order valence-corrected chi connectivity index (χ1v) is 10.9. The summed E-state index contributed by atoms with van der Waals surface area (Å²) in [4.78, 5) is 16.8. The lowest BCUT2D eigenvalue weighted by molar-refractivity contribution is 0.0964. The average molecular weight is 499 g/mol. The van der Waals surface area contributed by atoms with E-state index in [0.29, 0.717) is 20.3 Å². The monoisotopic (exact) mass is 499 g/mol. The molecule has 2 N–H and O–H groups in total. The quantitative estimate of drug-likeness (QED) is 0.524. The molecule has 9 heteroatoms. The number of amides is 1. The lowest BCUT2D eigenvalue weighted by Crippen LogP contribution is -2.18. The number of anilines is 1. The summed E-state index contributed by atoms with van der Waals surface area (Å²) < 4.78 is 32.7. The lowest BCUT2D eigenvalue weighted by atomic mass is 10.0. The number of carbonyl (C=O) groups excluding carboxylic acids is 1. The third-order valence-corrected chi connectivity index (χ3v) is 6.12. The van der Waals surface area contributed by atoms with E-state index in [-0.39, 0.29) is 23.2 Å². The number of pyridine rings is 1. The van der Waals surface area contributed by atoms with Crippen LogP contribution in [0, 0.1) is 10.5 Å². The molecule has 0 bridgehead atoms. The van der Waals surface area contributed by atoms with Crippen LogP contribution in [0.3, 0.4) is 0 Å². The number of aryl methyl sites for hydroxylation is 1. The van der Waals surface area contributed by atoms with Gasteiger partial charge >= 0.3 is 0 Å². The van der Waals surface area contributed by atoms with Gasteiger partial charge in [0.15, 0.2) is 5.82 Å². The molecule has 0 atom stereocenters. The largest absolute Gasteiger partial charge is 0.437 e. The van der Waals surface area contributed by atoms with Gasteiger partial charge in [0, 0.05) is 12.6 Å². The summed E-state index contributed by atoms with van der Waals surface area (Å²) in [7, 11) is -1.94. The standard InChI is InChI=1S/C18H18IN3O4S/c1-4-27(24,25)22-16-13(19)9-12-14(17(23)20-3)15(26-18(12)21-16)11-7-5-10(2)6-8-11/h5-9H,4H2,1-3H3,(H,20,23)(H,21,22). The van der Waals surface area contributed by atoms with Crippen LogP contribution in [0.1, 0.15) is 22.8 Å². The number of sulfonamides is 1. The van der Waals surface area contributed by atoms with E-state index in [4.69, 9.17) is 4.42 Å². The summed E-state index contributed by atoms with van der Waals surface area (Å²) in [6.07, 6.45) is 0. The number of fused-ring (bicyclic) bond motifs is 1. The Morgan fingerprint density at radius 3 is 2.52 bits per heavy atom. The summed E-state index contributed by atoms with van der Waals surface area (Å²) in [6, 6.07) is 9.28. The predicted octanol–water partition coefficient (Wildman–Crippen LogP) is 3.53. The van der Waals surface area contributed by atoms with Gasteiger partial charge in [-0.15, -0.1) is 0 Å². The molecule has 0 saturated heterocycles. The maximum Gasteiger partial charge on any atom is 0.255 e. The Balaban J connectivity index is 2.24. The van der Waals surface area contributed by atoms with E-state index >= 15 is 0 Å². The second-order valence-corrected chi connectivity index (χ2v) is 9.10. The first-order chi connectivity index (χ1) is 12.8. The lowest BCUT2D eigenvalue weighted by Gasteiger charge is -2.07. The third-order valence-electron chi connectivity index (χ3n) is 4.04. The summed E-state index contributed by atoms with van der Waals surface area (Å²) >= 11 is 1.98. The second-order valence-electron chi connectivity index (χ2n) is 5.93. The number of rotatable bonds is 5. The van der Waals surface area contributed by atoms with Crippen LogP contribution in [-0.4, -0.2) is 32.1 Å². The zero-order valence-corrected chi connectivity index (χ0v) is 17.9. The van der Waals surface area contributed by atoms with Gasteiger partial charge in [0.2, 0.25) is 15.7 Å². The maximum atomic E-state index is 12.5. The highest BCUT2D eigenvalue weighted by Gasteiger charge is 2.24. The Kier molecular flexibility index (Phi) is 5.43. The third kappa shape index (κ3) is 3.93. The van der Waals surface area contributed by atoms with Gasteiger partial charge in [-0.1, -0.05) is 29.8 Å². The zero-order chi connectivity index (χ0) is 19.8. The molecule has 1 aromatic carbocycles. The normalized spacial score (nSPS) is 11.6. The smallest absolute Gasteiger partial charge is 0.255 e. The van der Waals surface area contributed by atoms with Crippen molar-refractivity contribution in [2.75, 3.05) is 17.5 Å². The highest BCUT2D eigenvalue weighted by molar-refractivity contribution is 14.1. The first kappa shape index (κ1) is 19.6. The van der Waals surface area contributed by atoms with E-state index in [0.717, 1.165) is 11.1 Å². The van der Waals surface area contributed by atoms with Crippen LogP contribution in [0.2, 0.25) is 0 Å². The van der Waals surface area contributed by atoms with E-state index in [2.05, 4.69) is 15.0 Å². The number of hydrogen-bond donors (Lipinski definition) is 2. The van der Waals surface area contributed by atoms with Crippen molar-refractivity contribution >= 4 is 55.4 Å². The Labute approximate surface area is 170 Å². The van der Waals surface area contributed by atoms with Crippen LogP contribution in [-0.2, 0) is 10.0 Å². The van der Waals surface area contributed by atoms with Crippen molar-refractivity contribution in [3.63, 3.8) is 0 Å². The van der Waals surface area contributed by atoms with E-state index in [1.165, 1.54) is 0 Å². The molecule has 2 aromatic heterocycles. The molecule has 0 fully saturated rings. The fourth-order valence-electron chi connectivity index (χ4n) is 2.55. The van der Waals surface area contributed by atoms with Crippen molar-refractivity contribution in [1.82, 2.24) is 10.3 Å². The maximum absolute atomic E-state index is 12.5. The molecule has 2 heterocycles. The van der Waals surface area contributed by atoms with E-state index in [1.807, 2.05) is 53.8 Å². The summed E-state index contributed by atoms with van der Waals surface area (Å²) in [5, 5.41) is 3.14. The Hall–Kier alpha value is -2.14. The molecule has 0 aliphatic carbocycles. The molecule has 1 amide bonds. The van der Waals surface area contributed by atoms with Gasteiger partial charge in [-0.05, 0) is 42.5 Å². The van der Waals surface area contributed by atoms with Gasteiger partial charge in [0.25, 0.3) is 5.91 Å². The molecule has 0 unspecified atom stereocenters. The first-order valence-electron chi connectivity index (χ1n) is 8.18. The predicted molar refractivity (Wildman–Crippen MR) is 113 cm³/mol. The second kappa shape index (κ2) is 7.47. The number of aromatic nitrogens is 1. The van der Waals surface area contributed by atoms with Crippen LogP contribution in [0.4, 0.5) is 5.82 Å². The summed E-state index contributed by atoms with van der Waals surface area (Å²) in [5.41, 5.74) is 2.38. The van der Waals surface area contributed by atoms with Gasteiger partial charge in [-0.25, -0.2) is 8.42 Å². The highest BCUT2D eigenvalue weighted by atomic mass is 127. The molecule has 0 saturated carbocycles. The van der Waals surface area contributed by atoms with E-state index in [1.54, 1.807) is 20.0 Å². The molecule has 0 spiro atoms. The number of carbonyl (C=O) groups is 1. The topological polar surface area (TPSA) is 101 Å². The molecular weight excluding hydrogens is 481 g/mol. The van der Waals surface area contributed by atoms with Crippen LogP contribution in [0.25, 0.3) is 22.4 Å². The van der Waals surface area contributed by atoms with Gasteiger partial charge in [0.05, 0.1) is 20.3 Å². The molecule has 142 valence electrons. The van der Waals surface area contributed by atoms with Crippen LogP contribution in [0.5, 0.6) is 0 Å². The van der Waals surface area contributed by atoms with E-state index in [9.17, 15) is 13.2 Å². The van der Waals surface area contributed by atoms with Crippen LogP contribution in [0.15, 0.2) is 34.7 Å². The van der Waals surface area contributed by atoms with Gasteiger partial charge in [0.1, 0.15) is 5.76 Å². The highest BCUT2D eigenvalue weighted by Crippen LogP contribution is 2.35. The number of furan rings is 1. The number of nitrogens with one attached hydrogen (secondary N) is 2. The van der Waals surface area contributed by atoms with Crippen molar-refractivity contribution in [1.29, 1.82) is 0 Å². The van der Waals surface area contributed by atoms with E-state index < -0.39 is 10.0 Å². The van der Waals surface area contributed by atoms with Crippen molar-refractivity contribution in [2.24, 2.45) is 0 Å². The number of halogens is 1. The molecule has 3 rings (SSSR count). The fourth-order valence-corrected chi connectivity index (χ4v) is 3.89. The zero-order valence-electron chi connectivity index (χ0n) is 15.0. The van der Waals surface area contributed by atoms with Crippen LogP contribution < -0.4 is 10.0 Å². The Morgan fingerprint density at radius 1 is 1.26 bits per heavy atom. The van der Waals surface area contributed by atoms with Gasteiger partial charge < -0.3 is 9.73 Å². The molecule has 3 aromatic rings. The van der Waals surface area contributed by atoms with Crippen molar-refractivity contribution in [2.45, 2.75) is 13.8 Å². The Morgan fingerprint density at radius 2 is 1.93 bits per heavy atom. The van der Waals surface area contributed by atoms with Crippen LogP contribution >= 0.6 is 22.6 Å². The number of hydrogen-bond acceptors (Lipinski definition) is 5. The summed E-state index contributed by atoms with van der Waals surface area (Å²) in [6.45, 7) is 3.51. The number of nitrogens with zero attached hydrogens (tertiary/aromatic N) is 1. The van der Waals surface area contributed by atoms with Gasteiger partial charge in [-0.3, -0.25) is 9.52 Å². The fraction of sp³-hybridized carbons (Fsp3) is 0.222. The molecule has 0 aliphatic heterocycles. The molecular formula is C18H18IN3O4S. The minimum Gasteiger partial charge on any atom is -0.437 e. The van der Waals surface area contributed by atoms with Crippen molar-refractivity contribution in [3.8, 4) is 11.3 Å². The minimum atomic E-state index is -3.48. The van der Waals surface area contributed by atoms with Crippen molar-refractivity contribution < 1.29 is 17.6 Å². The molecule has 27 heavy (non-hydrogen) atoms. The minimum absolute atomic E-state index is 0.0704.